The van der Waals surface area contributed by atoms with Gasteiger partial charge in [-0.05, 0) is 55.3 Å². The zero-order chi connectivity index (χ0) is 21.7. The number of methoxy groups -OCH3 is 1. The predicted octanol–water partition coefficient (Wildman–Crippen LogP) is 3.69. The van der Waals surface area contributed by atoms with E-state index in [2.05, 4.69) is 0 Å². The first-order valence-electron chi connectivity index (χ1n) is 9.99. The summed E-state index contributed by atoms with van der Waals surface area (Å²) in [5.74, 6) is 1.33. The molecule has 0 unspecified atom stereocenters. The Labute approximate surface area is 182 Å². The number of ether oxygens (including phenoxy) is 2. The minimum atomic E-state index is -0.645. The highest BCUT2D eigenvalue weighted by Gasteiger charge is 2.27. The fourth-order valence-electron chi connectivity index (χ4n) is 3.45. The van der Waals surface area contributed by atoms with Crippen LogP contribution < -0.4 is 9.47 Å². The van der Waals surface area contributed by atoms with Gasteiger partial charge >= 0.3 is 0 Å². The first-order valence-corrected chi connectivity index (χ1v) is 10.4. The summed E-state index contributed by atoms with van der Waals surface area (Å²) in [7, 11) is 1.62. The Hall–Kier alpha value is -2.73. The number of hydrogen-bond acceptors (Lipinski definition) is 4. The second kappa shape index (κ2) is 9.85. The molecule has 0 spiro atoms. The monoisotopic (exact) mass is 430 g/mol. The number of hydrogen-bond donors (Lipinski definition) is 0. The smallest absolute Gasteiger partial charge is 0.263 e. The second-order valence-corrected chi connectivity index (χ2v) is 7.84. The van der Waals surface area contributed by atoms with Crippen molar-refractivity contribution in [1.29, 1.82) is 0 Å². The number of benzene rings is 2. The molecule has 0 aromatic heterocycles. The summed E-state index contributed by atoms with van der Waals surface area (Å²) in [6.45, 7) is 5.50. The fourth-order valence-corrected chi connectivity index (χ4v) is 3.68. The zero-order valence-corrected chi connectivity index (χ0v) is 18.3. The summed E-state index contributed by atoms with van der Waals surface area (Å²) in [5, 5.41) is 0.627. The first kappa shape index (κ1) is 22.0. The van der Waals surface area contributed by atoms with Gasteiger partial charge in [-0.15, -0.1) is 0 Å². The Kier molecular flexibility index (Phi) is 7.21. The maximum atomic E-state index is 12.9. The molecule has 3 rings (SSSR count). The van der Waals surface area contributed by atoms with E-state index in [0.717, 1.165) is 16.9 Å². The molecule has 2 aromatic rings. The lowest BCUT2D eigenvalue weighted by atomic mass is 10.2. The molecule has 0 aliphatic carbocycles. The highest BCUT2D eigenvalue weighted by atomic mass is 35.5. The molecule has 30 heavy (non-hydrogen) atoms. The molecule has 0 saturated carbocycles. The molecule has 1 heterocycles. The van der Waals surface area contributed by atoms with Gasteiger partial charge in [0.05, 0.1) is 7.11 Å². The summed E-state index contributed by atoms with van der Waals surface area (Å²) in [5.41, 5.74) is 1.90. The topological polar surface area (TPSA) is 59.1 Å². The average molecular weight is 431 g/mol. The molecule has 1 aliphatic rings. The molecule has 7 heteroatoms. The molecule has 0 N–H and O–H groups in total. The Morgan fingerprint density at radius 1 is 1.13 bits per heavy atom. The van der Waals surface area contributed by atoms with Crippen LogP contribution in [-0.2, 0) is 16.1 Å². The molecular formula is C23H27ClN2O4. The van der Waals surface area contributed by atoms with Crippen LogP contribution in [-0.4, -0.2) is 54.5 Å². The van der Waals surface area contributed by atoms with Crippen LogP contribution in [0.5, 0.6) is 11.5 Å². The van der Waals surface area contributed by atoms with Crippen LogP contribution in [0.1, 0.15) is 24.5 Å². The second-order valence-electron chi connectivity index (χ2n) is 7.41. The molecule has 1 aliphatic heterocycles. The van der Waals surface area contributed by atoms with Crippen LogP contribution in [0, 0.1) is 6.92 Å². The molecule has 1 atom stereocenters. The summed E-state index contributed by atoms with van der Waals surface area (Å²) >= 11 is 5.98. The molecular weight excluding hydrogens is 404 g/mol. The maximum absolute atomic E-state index is 12.9. The van der Waals surface area contributed by atoms with E-state index in [1.54, 1.807) is 42.0 Å². The Balaban J connectivity index is 1.59. The van der Waals surface area contributed by atoms with Gasteiger partial charge in [0.1, 0.15) is 11.5 Å². The van der Waals surface area contributed by atoms with Crippen molar-refractivity contribution in [2.24, 2.45) is 0 Å². The van der Waals surface area contributed by atoms with Crippen molar-refractivity contribution >= 4 is 23.4 Å². The van der Waals surface area contributed by atoms with Crippen LogP contribution in [0.3, 0.4) is 0 Å². The minimum absolute atomic E-state index is 0.0447. The Morgan fingerprint density at radius 2 is 1.87 bits per heavy atom. The SMILES string of the molecule is COc1ccc(CN2CCN(C(=O)[C@H](C)Oc3ccc(Cl)cc3C)CCC2=O)cc1. The fraction of sp³-hybridized carbons (Fsp3) is 0.391. The third-order valence-electron chi connectivity index (χ3n) is 5.22. The van der Waals surface area contributed by atoms with Crippen molar-refractivity contribution in [2.45, 2.75) is 32.9 Å². The lowest BCUT2D eigenvalue weighted by molar-refractivity contribution is -0.137. The average Bonchev–Trinajstić information content (AvgIpc) is 2.92. The van der Waals surface area contributed by atoms with Gasteiger partial charge in [-0.3, -0.25) is 9.59 Å². The minimum Gasteiger partial charge on any atom is -0.497 e. The summed E-state index contributed by atoms with van der Waals surface area (Å²) in [6, 6.07) is 13.0. The van der Waals surface area contributed by atoms with Gasteiger partial charge < -0.3 is 19.3 Å². The third kappa shape index (κ3) is 5.45. The van der Waals surface area contributed by atoms with Crippen LogP contribution in [0.25, 0.3) is 0 Å². The van der Waals surface area contributed by atoms with Gasteiger partial charge in [0.2, 0.25) is 5.91 Å². The van der Waals surface area contributed by atoms with Crippen molar-refractivity contribution in [2.75, 3.05) is 26.7 Å². The molecule has 160 valence electrons. The summed E-state index contributed by atoms with van der Waals surface area (Å²) < 4.78 is 11.0. The Morgan fingerprint density at radius 3 is 2.53 bits per heavy atom. The van der Waals surface area contributed by atoms with Crippen molar-refractivity contribution in [3.63, 3.8) is 0 Å². The number of aryl methyl sites for hydroxylation is 1. The Bertz CT molecular complexity index is 901. The van der Waals surface area contributed by atoms with E-state index in [0.29, 0.717) is 43.4 Å². The molecule has 2 aromatic carbocycles. The zero-order valence-electron chi connectivity index (χ0n) is 17.6. The van der Waals surface area contributed by atoms with Crippen LogP contribution in [0.15, 0.2) is 42.5 Å². The van der Waals surface area contributed by atoms with E-state index in [4.69, 9.17) is 21.1 Å². The number of carbonyl (C=O) groups is 2. The number of nitrogens with zero attached hydrogens (tertiary/aromatic N) is 2. The molecule has 6 nitrogen and oxygen atoms in total. The molecule has 1 saturated heterocycles. The molecule has 0 radical (unpaired) electrons. The van der Waals surface area contributed by atoms with Crippen molar-refractivity contribution < 1.29 is 19.1 Å². The maximum Gasteiger partial charge on any atom is 0.263 e. The van der Waals surface area contributed by atoms with Gasteiger partial charge in [-0.25, -0.2) is 0 Å². The summed E-state index contributed by atoms with van der Waals surface area (Å²) in [4.78, 5) is 29.0. The molecule has 0 bridgehead atoms. The lowest BCUT2D eigenvalue weighted by Gasteiger charge is -2.25. The van der Waals surface area contributed by atoms with Crippen LogP contribution >= 0.6 is 11.6 Å². The summed E-state index contributed by atoms with van der Waals surface area (Å²) in [6.07, 6.45) is -0.345. The normalized spacial score (nSPS) is 15.5. The lowest BCUT2D eigenvalue weighted by Crippen LogP contribution is -2.42. The first-order chi connectivity index (χ1) is 14.4. The highest BCUT2D eigenvalue weighted by molar-refractivity contribution is 6.30. The van der Waals surface area contributed by atoms with E-state index < -0.39 is 6.10 Å². The standard InChI is InChI=1S/C23H27ClN2O4/c1-16-14-19(24)6-9-21(16)30-17(2)23(28)25-11-10-22(27)26(13-12-25)15-18-4-7-20(29-3)8-5-18/h4-9,14,17H,10-13,15H2,1-3H3/t17-/m0/s1. The molecule has 1 fully saturated rings. The van der Waals surface area contributed by atoms with Crippen LogP contribution in [0.4, 0.5) is 0 Å². The number of amides is 2. The van der Waals surface area contributed by atoms with E-state index in [-0.39, 0.29) is 11.8 Å². The largest absolute Gasteiger partial charge is 0.497 e. The van der Waals surface area contributed by atoms with E-state index in [9.17, 15) is 9.59 Å². The number of rotatable bonds is 6. The molecule has 2 amide bonds. The third-order valence-corrected chi connectivity index (χ3v) is 5.46. The van der Waals surface area contributed by atoms with E-state index in [1.807, 2.05) is 31.2 Å². The van der Waals surface area contributed by atoms with Gasteiger partial charge in [0.25, 0.3) is 5.91 Å². The van der Waals surface area contributed by atoms with Gasteiger partial charge in [-0.1, -0.05) is 23.7 Å². The van der Waals surface area contributed by atoms with Crippen molar-refractivity contribution in [1.82, 2.24) is 9.80 Å². The number of halogens is 1. The number of carbonyl (C=O) groups excluding carboxylic acids is 2. The van der Waals surface area contributed by atoms with E-state index >= 15 is 0 Å². The predicted molar refractivity (Wildman–Crippen MR) is 116 cm³/mol. The van der Waals surface area contributed by atoms with Gasteiger partial charge in [0, 0.05) is 37.6 Å². The van der Waals surface area contributed by atoms with Gasteiger partial charge in [0.15, 0.2) is 6.10 Å². The van der Waals surface area contributed by atoms with E-state index in [1.165, 1.54) is 0 Å². The van der Waals surface area contributed by atoms with Gasteiger partial charge in [-0.2, -0.15) is 0 Å². The van der Waals surface area contributed by atoms with Crippen molar-refractivity contribution in [3.05, 3.63) is 58.6 Å². The van der Waals surface area contributed by atoms with Crippen LogP contribution in [0.2, 0.25) is 5.02 Å². The van der Waals surface area contributed by atoms with Crippen molar-refractivity contribution in [3.8, 4) is 11.5 Å². The highest BCUT2D eigenvalue weighted by Crippen LogP contribution is 2.23. The quantitative estimate of drug-likeness (QED) is 0.701.